The molecule has 2 N–H and O–H groups in total. The molecule has 1 aromatic carbocycles. The largest absolute Gasteiger partial charge is 0.496 e. The van der Waals surface area contributed by atoms with Crippen molar-refractivity contribution in [1.82, 2.24) is 10.6 Å². The summed E-state index contributed by atoms with van der Waals surface area (Å²) in [4.78, 5) is 4.27. The molecule has 1 atom stereocenters. The zero-order valence-electron chi connectivity index (χ0n) is 15.2. The number of nitrogens with one attached hydrogen (secondary N) is 2. The summed E-state index contributed by atoms with van der Waals surface area (Å²) in [5.74, 6) is 2.94. The molecular formula is C19H31N3O2. The van der Waals surface area contributed by atoms with Gasteiger partial charge in [0.05, 0.1) is 7.11 Å². The Morgan fingerprint density at radius 3 is 2.79 bits per heavy atom. The quantitative estimate of drug-likeness (QED) is 0.393. The van der Waals surface area contributed by atoms with Crippen LogP contribution >= 0.6 is 0 Å². The van der Waals surface area contributed by atoms with Gasteiger partial charge in [-0.15, -0.1) is 0 Å². The highest BCUT2D eigenvalue weighted by molar-refractivity contribution is 5.79. The summed E-state index contributed by atoms with van der Waals surface area (Å²) in [5, 5.41) is 6.72. The molecule has 5 heteroatoms. The summed E-state index contributed by atoms with van der Waals surface area (Å²) in [6, 6.07) is 8.15. The Morgan fingerprint density at radius 2 is 2.08 bits per heavy atom. The average Bonchev–Trinajstić information content (AvgIpc) is 3.44. The number of ether oxygens (including phenoxy) is 2. The van der Waals surface area contributed by atoms with E-state index in [1.165, 1.54) is 18.4 Å². The van der Waals surface area contributed by atoms with E-state index >= 15 is 0 Å². The standard InChI is InChI=1S/C19H31N3O2/c1-15(17-7-4-5-8-18(17)23-3)13-22-19(20-2)21-11-6-12-24-14-16-9-10-16/h4-5,7-8,15-16H,6,9-14H2,1-3H3,(H2,20,21,22). The minimum absolute atomic E-state index is 0.335. The molecule has 0 bridgehead atoms. The van der Waals surface area contributed by atoms with Crippen molar-refractivity contribution in [3.05, 3.63) is 29.8 Å². The van der Waals surface area contributed by atoms with Crippen molar-refractivity contribution in [2.45, 2.75) is 32.1 Å². The fraction of sp³-hybridized carbons (Fsp3) is 0.632. The third-order valence-corrected chi connectivity index (χ3v) is 4.28. The van der Waals surface area contributed by atoms with E-state index in [4.69, 9.17) is 9.47 Å². The number of aliphatic imine (C=N–C) groups is 1. The van der Waals surface area contributed by atoms with Gasteiger partial charge < -0.3 is 20.1 Å². The van der Waals surface area contributed by atoms with Crippen LogP contribution in [0.3, 0.4) is 0 Å². The van der Waals surface area contributed by atoms with E-state index in [9.17, 15) is 0 Å². The van der Waals surface area contributed by atoms with E-state index < -0.39 is 0 Å². The molecule has 134 valence electrons. The summed E-state index contributed by atoms with van der Waals surface area (Å²) in [6.07, 6.45) is 3.69. The van der Waals surface area contributed by atoms with Gasteiger partial charge in [-0.2, -0.15) is 0 Å². The van der Waals surface area contributed by atoms with Crippen LogP contribution in [0.4, 0.5) is 0 Å². The molecule has 1 unspecified atom stereocenters. The monoisotopic (exact) mass is 333 g/mol. The minimum atomic E-state index is 0.335. The van der Waals surface area contributed by atoms with Crippen LogP contribution in [0.1, 0.15) is 37.7 Å². The molecule has 0 amide bonds. The molecule has 1 aromatic rings. The normalized spacial score (nSPS) is 15.9. The molecule has 24 heavy (non-hydrogen) atoms. The van der Waals surface area contributed by atoms with Crippen LogP contribution in [-0.4, -0.2) is 46.4 Å². The minimum Gasteiger partial charge on any atom is -0.496 e. The number of rotatable bonds is 10. The molecule has 1 saturated carbocycles. The van der Waals surface area contributed by atoms with Gasteiger partial charge >= 0.3 is 0 Å². The zero-order valence-corrected chi connectivity index (χ0v) is 15.2. The van der Waals surface area contributed by atoms with Gasteiger partial charge in [0.15, 0.2) is 5.96 Å². The predicted octanol–water partition coefficient (Wildman–Crippen LogP) is 2.78. The van der Waals surface area contributed by atoms with Crippen molar-refractivity contribution in [3.63, 3.8) is 0 Å². The van der Waals surface area contributed by atoms with E-state index in [1.807, 2.05) is 18.2 Å². The fourth-order valence-electron chi connectivity index (χ4n) is 2.57. The van der Waals surface area contributed by atoms with Crippen molar-refractivity contribution in [1.29, 1.82) is 0 Å². The van der Waals surface area contributed by atoms with Crippen molar-refractivity contribution in [2.75, 3.05) is 40.5 Å². The average molecular weight is 333 g/mol. The lowest BCUT2D eigenvalue weighted by Gasteiger charge is -2.18. The van der Waals surface area contributed by atoms with Crippen LogP contribution in [0.15, 0.2) is 29.3 Å². The lowest BCUT2D eigenvalue weighted by Crippen LogP contribution is -2.39. The molecule has 0 spiro atoms. The maximum atomic E-state index is 5.64. The Bertz CT molecular complexity index is 515. The second-order valence-electron chi connectivity index (χ2n) is 6.39. The Balaban J connectivity index is 1.64. The second kappa shape index (κ2) is 10.2. The maximum absolute atomic E-state index is 5.64. The van der Waals surface area contributed by atoms with Crippen molar-refractivity contribution in [2.24, 2.45) is 10.9 Å². The van der Waals surface area contributed by atoms with Gasteiger partial charge in [-0.25, -0.2) is 0 Å². The predicted molar refractivity (Wildman–Crippen MR) is 98.9 cm³/mol. The lowest BCUT2D eigenvalue weighted by molar-refractivity contribution is 0.123. The van der Waals surface area contributed by atoms with Crippen LogP contribution in [0.25, 0.3) is 0 Å². The number of nitrogens with zero attached hydrogens (tertiary/aromatic N) is 1. The van der Waals surface area contributed by atoms with E-state index in [0.29, 0.717) is 5.92 Å². The number of benzene rings is 1. The molecule has 0 radical (unpaired) electrons. The molecule has 0 saturated heterocycles. The highest BCUT2D eigenvalue weighted by Gasteiger charge is 2.20. The molecule has 0 aliphatic heterocycles. The van der Waals surface area contributed by atoms with Crippen molar-refractivity contribution in [3.8, 4) is 5.75 Å². The Hall–Kier alpha value is -1.75. The summed E-state index contributed by atoms with van der Waals surface area (Å²) in [6.45, 7) is 5.61. The first kappa shape index (κ1) is 18.6. The molecule has 2 rings (SSSR count). The Morgan fingerprint density at radius 1 is 1.29 bits per heavy atom. The van der Waals surface area contributed by atoms with E-state index in [-0.39, 0.29) is 0 Å². The maximum Gasteiger partial charge on any atom is 0.190 e. The van der Waals surface area contributed by atoms with Crippen molar-refractivity contribution >= 4 is 5.96 Å². The number of hydrogen-bond acceptors (Lipinski definition) is 3. The third-order valence-electron chi connectivity index (χ3n) is 4.28. The first-order valence-corrected chi connectivity index (χ1v) is 8.89. The molecule has 1 aliphatic carbocycles. The number of methoxy groups -OCH3 is 1. The van der Waals surface area contributed by atoms with Crippen LogP contribution in [0.2, 0.25) is 0 Å². The summed E-state index contributed by atoms with van der Waals surface area (Å²) < 4.78 is 11.1. The number of hydrogen-bond donors (Lipinski definition) is 2. The third kappa shape index (κ3) is 6.40. The molecule has 0 heterocycles. The van der Waals surface area contributed by atoms with Crippen molar-refractivity contribution < 1.29 is 9.47 Å². The lowest BCUT2D eigenvalue weighted by atomic mass is 10.0. The van der Waals surface area contributed by atoms with Gasteiger partial charge in [-0.05, 0) is 36.8 Å². The Labute approximate surface area is 145 Å². The van der Waals surface area contributed by atoms with Gasteiger partial charge in [0, 0.05) is 39.3 Å². The van der Waals surface area contributed by atoms with Crippen LogP contribution in [0, 0.1) is 5.92 Å². The number of para-hydroxylation sites is 1. The first-order valence-electron chi connectivity index (χ1n) is 8.89. The molecule has 1 fully saturated rings. The summed E-state index contributed by atoms with van der Waals surface area (Å²) in [5.41, 5.74) is 1.21. The molecular weight excluding hydrogens is 302 g/mol. The fourth-order valence-corrected chi connectivity index (χ4v) is 2.57. The summed E-state index contributed by atoms with van der Waals surface area (Å²) >= 11 is 0. The van der Waals surface area contributed by atoms with Crippen LogP contribution in [0.5, 0.6) is 5.75 Å². The van der Waals surface area contributed by atoms with E-state index in [1.54, 1.807) is 14.2 Å². The Kier molecular flexibility index (Phi) is 7.89. The van der Waals surface area contributed by atoms with Gasteiger partial charge in [0.1, 0.15) is 5.75 Å². The smallest absolute Gasteiger partial charge is 0.190 e. The highest BCUT2D eigenvalue weighted by atomic mass is 16.5. The van der Waals surface area contributed by atoms with Gasteiger partial charge in [0.2, 0.25) is 0 Å². The van der Waals surface area contributed by atoms with E-state index in [2.05, 4.69) is 28.6 Å². The van der Waals surface area contributed by atoms with Gasteiger partial charge in [0.25, 0.3) is 0 Å². The van der Waals surface area contributed by atoms with E-state index in [0.717, 1.165) is 50.4 Å². The van der Waals surface area contributed by atoms with Crippen LogP contribution < -0.4 is 15.4 Å². The first-order chi connectivity index (χ1) is 11.7. The zero-order chi connectivity index (χ0) is 17.2. The molecule has 5 nitrogen and oxygen atoms in total. The van der Waals surface area contributed by atoms with Gasteiger partial charge in [-0.1, -0.05) is 25.1 Å². The topological polar surface area (TPSA) is 54.9 Å². The van der Waals surface area contributed by atoms with Gasteiger partial charge in [-0.3, -0.25) is 4.99 Å². The second-order valence-corrected chi connectivity index (χ2v) is 6.39. The molecule has 1 aliphatic rings. The van der Waals surface area contributed by atoms with Crippen LogP contribution in [-0.2, 0) is 4.74 Å². The molecule has 0 aromatic heterocycles. The highest BCUT2D eigenvalue weighted by Crippen LogP contribution is 2.28. The summed E-state index contributed by atoms with van der Waals surface area (Å²) in [7, 11) is 3.51. The number of guanidine groups is 1. The SMILES string of the molecule is CN=C(NCCCOCC1CC1)NCC(C)c1ccccc1OC.